The van der Waals surface area contributed by atoms with Crippen LogP contribution in [-0.4, -0.2) is 15.6 Å². The van der Waals surface area contributed by atoms with E-state index in [0.717, 1.165) is 18.2 Å². The molecule has 0 amide bonds. The Morgan fingerprint density at radius 1 is 1.42 bits per heavy atom. The van der Waals surface area contributed by atoms with E-state index in [1.165, 1.54) is 18.4 Å². The summed E-state index contributed by atoms with van der Waals surface area (Å²) in [6.07, 6.45) is 8.45. The quantitative estimate of drug-likeness (QED) is 0.886. The van der Waals surface area contributed by atoms with Gasteiger partial charge in [0, 0.05) is 43.3 Å². The molecule has 0 aromatic carbocycles. The van der Waals surface area contributed by atoms with Gasteiger partial charge in [0.05, 0.1) is 0 Å². The van der Waals surface area contributed by atoms with Crippen LogP contribution in [0.3, 0.4) is 0 Å². The van der Waals surface area contributed by atoms with Gasteiger partial charge in [-0.1, -0.05) is 6.07 Å². The Bertz CT molecular complexity index is 605. The minimum absolute atomic E-state index is 0.508. The number of rotatable bonds is 5. The third kappa shape index (κ3) is 3.01. The van der Waals surface area contributed by atoms with Gasteiger partial charge in [0.15, 0.2) is 0 Å². The van der Waals surface area contributed by atoms with Crippen molar-refractivity contribution in [2.75, 3.05) is 0 Å². The van der Waals surface area contributed by atoms with Gasteiger partial charge in [-0.2, -0.15) is 5.26 Å². The van der Waals surface area contributed by atoms with Gasteiger partial charge in [0.1, 0.15) is 11.8 Å². The summed E-state index contributed by atoms with van der Waals surface area (Å²) in [4.78, 5) is 4.08. The van der Waals surface area contributed by atoms with Crippen LogP contribution in [0.4, 0.5) is 0 Å². The molecular formula is C15H16N4. The molecule has 4 nitrogen and oxygen atoms in total. The highest BCUT2D eigenvalue weighted by Gasteiger charge is 2.19. The summed E-state index contributed by atoms with van der Waals surface area (Å²) < 4.78 is 2.10. The normalized spacial score (nSPS) is 14.3. The number of hydrogen-bond acceptors (Lipinski definition) is 3. The predicted octanol–water partition coefficient (Wildman–Crippen LogP) is 2.06. The molecule has 3 rings (SSSR count). The standard InChI is InChI=1S/C15H16N4/c16-8-15-13(2-1-6-17-15)11-19-7-5-12(10-19)9-18-14-3-4-14/h1-2,5-7,10,14,18H,3-4,9,11H2. The Morgan fingerprint density at radius 3 is 3.11 bits per heavy atom. The zero-order valence-electron chi connectivity index (χ0n) is 10.7. The third-order valence-corrected chi connectivity index (χ3v) is 3.33. The van der Waals surface area contributed by atoms with Gasteiger partial charge >= 0.3 is 0 Å². The minimum atomic E-state index is 0.508. The molecule has 0 radical (unpaired) electrons. The number of nitrogens with one attached hydrogen (secondary N) is 1. The minimum Gasteiger partial charge on any atom is -0.349 e. The molecule has 1 N–H and O–H groups in total. The fraction of sp³-hybridized carbons (Fsp3) is 0.333. The van der Waals surface area contributed by atoms with Crippen LogP contribution in [0, 0.1) is 11.3 Å². The summed E-state index contributed by atoms with van der Waals surface area (Å²) in [5.74, 6) is 0. The van der Waals surface area contributed by atoms with Gasteiger partial charge in [-0.15, -0.1) is 0 Å². The lowest BCUT2D eigenvalue weighted by Crippen LogP contribution is -2.14. The van der Waals surface area contributed by atoms with Gasteiger partial charge in [-0.3, -0.25) is 0 Å². The monoisotopic (exact) mass is 252 g/mol. The Balaban J connectivity index is 1.67. The lowest BCUT2D eigenvalue weighted by atomic mass is 10.2. The predicted molar refractivity (Wildman–Crippen MR) is 72.3 cm³/mol. The van der Waals surface area contributed by atoms with Crippen molar-refractivity contribution in [3.05, 3.63) is 53.6 Å². The topological polar surface area (TPSA) is 53.6 Å². The molecule has 1 fully saturated rings. The van der Waals surface area contributed by atoms with Crippen molar-refractivity contribution in [3.8, 4) is 6.07 Å². The first-order chi connectivity index (χ1) is 9.35. The Hall–Kier alpha value is -2.12. The molecule has 96 valence electrons. The zero-order chi connectivity index (χ0) is 13.1. The summed E-state index contributed by atoms with van der Waals surface area (Å²) >= 11 is 0. The molecule has 0 spiro atoms. The van der Waals surface area contributed by atoms with Crippen LogP contribution in [-0.2, 0) is 13.1 Å². The van der Waals surface area contributed by atoms with Crippen molar-refractivity contribution >= 4 is 0 Å². The van der Waals surface area contributed by atoms with E-state index in [-0.39, 0.29) is 0 Å². The third-order valence-electron chi connectivity index (χ3n) is 3.33. The van der Waals surface area contributed by atoms with Crippen molar-refractivity contribution in [1.29, 1.82) is 5.26 Å². The molecule has 19 heavy (non-hydrogen) atoms. The summed E-state index contributed by atoms with van der Waals surface area (Å²) in [7, 11) is 0. The van der Waals surface area contributed by atoms with Crippen LogP contribution in [0.15, 0.2) is 36.8 Å². The van der Waals surface area contributed by atoms with Crippen LogP contribution in [0.2, 0.25) is 0 Å². The van der Waals surface area contributed by atoms with Gasteiger partial charge < -0.3 is 9.88 Å². The second-order valence-electron chi connectivity index (χ2n) is 4.97. The maximum absolute atomic E-state index is 9.02. The smallest absolute Gasteiger partial charge is 0.145 e. The number of hydrogen-bond donors (Lipinski definition) is 1. The van der Waals surface area contributed by atoms with Crippen molar-refractivity contribution in [2.45, 2.75) is 32.0 Å². The molecule has 0 atom stereocenters. The Kier molecular flexibility index (Phi) is 3.30. The second kappa shape index (κ2) is 5.25. The maximum Gasteiger partial charge on any atom is 0.145 e. The lowest BCUT2D eigenvalue weighted by molar-refractivity contribution is 0.684. The van der Waals surface area contributed by atoms with Crippen LogP contribution in [0.25, 0.3) is 0 Å². The lowest BCUT2D eigenvalue weighted by Gasteiger charge is -2.04. The van der Waals surface area contributed by atoms with Crippen molar-refractivity contribution in [1.82, 2.24) is 14.9 Å². The molecule has 2 aromatic rings. The maximum atomic E-state index is 9.02. The van der Waals surface area contributed by atoms with E-state index in [9.17, 15) is 0 Å². The second-order valence-corrected chi connectivity index (χ2v) is 4.97. The first kappa shape index (κ1) is 11.9. The summed E-state index contributed by atoms with van der Waals surface area (Å²) in [5.41, 5.74) is 2.76. The molecular weight excluding hydrogens is 236 g/mol. The van der Waals surface area contributed by atoms with E-state index in [2.05, 4.69) is 39.4 Å². The van der Waals surface area contributed by atoms with Crippen LogP contribution < -0.4 is 5.32 Å². The molecule has 2 heterocycles. The van der Waals surface area contributed by atoms with E-state index in [0.29, 0.717) is 12.2 Å². The molecule has 4 heteroatoms. The van der Waals surface area contributed by atoms with Crippen molar-refractivity contribution < 1.29 is 0 Å². The largest absolute Gasteiger partial charge is 0.349 e. The molecule has 1 aliphatic carbocycles. The number of nitrogens with zero attached hydrogens (tertiary/aromatic N) is 3. The van der Waals surface area contributed by atoms with E-state index in [1.54, 1.807) is 6.20 Å². The van der Waals surface area contributed by atoms with E-state index < -0.39 is 0 Å². The SMILES string of the molecule is N#Cc1ncccc1Cn1ccc(CNC2CC2)c1. The highest BCUT2D eigenvalue weighted by atomic mass is 15.0. The highest BCUT2D eigenvalue weighted by Crippen LogP contribution is 2.19. The van der Waals surface area contributed by atoms with Crippen LogP contribution >= 0.6 is 0 Å². The fourth-order valence-electron chi connectivity index (χ4n) is 2.11. The first-order valence-corrected chi connectivity index (χ1v) is 6.57. The van der Waals surface area contributed by atoms with Crippen LogP contribution in [0.1, 0.15) is 29.7 Å². The fourth-order valence-corrected chi connectivity index (χ4v) is 2.11. The zero-order valence-corrected chi connectivity index (χ0v) is 10.7. The molecule has 1 aliphatic rings. The van der Waals surface area contributed by atoms with E-state index in [4.69, 9.17) is 5.26 Å². The summed E-state index contributed by atoms with van der Waals surface area (Å²) in [6.45, 7) is 1.62. The highest BCUT2D eigenvalue weighted by molar-refractivity contribution is 5.31. The molecule has 0 unspecified atom stereocenters. The van der Waals surface area contributed by atoms with Gasteiger partial charge in [-0.25, -0.2) is 4.98 Å². The summed E-state index contributed by atoms with van der Waals surface area (Å²) in [6, 6.07) is 8.81. The number of pyridine rings is 1. The van der Waals surface area contributed by atoms with E-state index in [1.807, 2.05) is 12.1 Å². The Morgan fingerprint density at radius 2 is 2.32 bits per heavy atom. The molecule has 1 saturated carbocycles. The average Bonchev–Trinajstić information content (AvgIpc) is 3.17. The van der Waals surface area contributed by atoms with Gasteiger partial charge in [0.2, 0.25) is 0 Å². The summed E-state index contributed by atoms with van der Waals surface area (Å²) in [5, 5.41) is 12.5. The Labute approximate surface area is 112 Å². The van der Waals surface area contributed by atoms with Gasteiger partial charge in [0.25, 0.3) is 0 Å². The molecule has 0 saturated heterocycles. The number of aromatic nitrogens is 2. The van der Waals surface area contributed by atoms with Crippen molar-refractivity contribution in [3.63, 3.8) is 0 Å². The number of nitriles is 1. The van der Waals surface area contributed by atoms with Crippen LogP contribution in [0.5, 0.6) is 0 Å². The van der Waals surface area contributed by atoms with E-state index >= 15 is 0 Å². The molecule has 0 aliphatic heterocycles. The van der Waals surface area contributed by atoms with Gasteiger partial charge in [-0.05, 0) is 30.5 Å². The molecule has 2 aromatic heterocycles. The van der Waals surface area contributed by atoms with Crippen molar-refractivity contribution in [2.24, 2.45) is 0 Å². The molecule has 0 bridgehead atoms. The first-order valence-electron chi connectivity index (χ1n) is 6.57. The average molecular weight is 252 g/mol.